The van der Waals surface area contributed by atoms with Gasteiger partial charge in [-0.15, -0.1) is 0 Å². The van der Waals surface area contributed by atoms with E-state index in [1.165, 1.54) is 4.40 Å². The van der Waals surface area contributed by atoms with Crippen molar-refractivity contribution in [1.82, 2.24) is 14.4 Å². The number of hydrogen-bond donors (Lipinski definition) is 0. The van der Waals surface area contributed by atoms with Crippen LogP contribution >= 0.6 is 23.2 Å². The molecule has 130 valence electrons. The maximum Gasteiger partial charge on any atom is 0.267 e. The van der Waals surface area contributed by atoms with E-state index in [4.69, 9.17) is 33.2 Å². The van der Waals surface area contributed by atoms with E-state index in [9.17, 15) is 4.79 Å². The summed E-state index contributed by atoms with van der Waals surface area (Å²) >= 11 is 12.6. The number of para-hydroxylation sites is 1. The zero-order valence-corrected chi connectivity index (χ0v) is 15.4. The third-order valence-electron chi connectivity index (χ3n) is 4.51. The molecule has 2 aromatic heterocycles. The molecule has 0 N–H and O–H groups in total. The van der Waals surface area contributed by atoms with E-state index in [1.807, 2.05) is 48.5 Å². The smallest absolute Gasteiger partial charge is 0.267 e. The predicted octanol–water partition coefficient (Wildman–Crippen LogP) is 5.37. The van der Waals surface area contributed by atoms with Crippen molar-refractivity contribution < 1.29 is 0 Å². The second-order valence-corrected chi connectivity index (χ2v) is 7.02. The average molecular weight is 392 g/mol. The van der Waals surface area contributed by atoms with E-state index >= 15 is 0 Å². The fourth-order valence-corrected chi connectivity index (χ4v) is 3.83. The summed E-state index contributed by atoms with van der Waals surface area (Å²) in [5.41, 5.74) is 2.27. The fourth-order valence-electron chi connectivity index (χ4n) is 3.30. The number of halogens is 2. The Bertz CT molecular complexity index is 1410. The number of fused-ring (bicyclic) bond motifs is 4. The first-order chi connectivity index (χ1) is 13.1. The van der Waals surface area contributed by atoms with Crippen LogP contribution in [0.15, 0.2) is 71.5 Å². The van der Waals surface area contributed by atoms with Crippen LogP contribution in [0.5, 0.6) is 0 Å². The van der Waals surface area contributed by atoms with E-state index < -0.39 is 0 Å². The van der Waals surface area contributed by atoms with Crippen LogP contribution in [0, 0.1) is 0 Å². The Kier molecular flexibility index (Phi) is 3.64. The van der Waals surface area contributed by atoms with Crippen molar-refractivity contribution >= 4 is 50.7 Å². The Hall–Kier alpha value is -2.95. The van der Waals surface area contributed by atoms with Crippen LogP contribution in [0.3, 0.4) is 0 Å². The van der Waals surface area contributed by atoms with Gasteiger partial charge in [-0.3, -0.25) is 4.79 Å². The molecule has 4 nitrogen and oxygen atoms in total. The third-order valence-corrected chi connectivity index (χ3v) is 5.01. The SMILES string of the molecule is O=c1c2ccccc2nc2c3cc(Cl)cc(Cl)c3nc(-c3ccccc3)n12. The van der Waals surface area contributed by atoms with Gasteiger partial charge in [0, 0.05) is 16.0 Å². The first kappa shape index (κ1) is 16.2. The summed E-state index contributed by atoms with van der Waals surface area (Å²) in [5, 5.41) is 2.04. The molecule has 0 unspecified atom stereocenters. The summed E-state index contributed by atoms with van der Waals surface area (Å²) in [7, 11) is 0. The molecule has 0 saturated carbocycles. The zero-order chi connectivity index (χ0) is 18.5. The van der Waals surface area contributed by atoms with E-state index in [2.05, 4.69) is 0 Å². The van der Waals surface area contributed by atoms with Gasteiger partial charge in [0.15, 0.2) is 5.65 Å². The molecule has 0 aliphatic heterocycles. The Morgan fingerprint density at radius 1 is 0.815 bits per heavy atom. The minimum atomic E-state index is -0.181. The first-order valence-corrected chi connectivity index (χ1v) is 9.05. The van der Waals surface area contributed by atoms with Crippen molar-refractivity contribution in [3.8, 4) is 11.4 Å². The topological polar surface area (TPSA) is 47.3 Å². The van der Waals surface area contributed by atoms with Crippen molar-refractivity contribution in [3.05, 3.63) is 87.1 Å². The van der Waals surface area contributed by atoms with Crippen LogP contribution in [-0.2, 0) is 0 Å². The molecule has 0 amide bonds. The molecule has 0 spiro atoms. The lowest BCUT2D eigenvalue weighted by atomic mass is 10.1. The van der Waals surface area contributed by atoms with E-state index in [0.29, 0.717) is 43.3 Å². The van der Waals surface area contributed by atoms with Gasteiger partial charge >= 0.3 is 0 Å². The van der Waals surface area contributed by atoms with Crippen molar-refractivity contribution in [2.75, 3.05) is 0 Å². The molecule has 0 radical (unpaired) electrons. The molecule has 0 atom stereocenters. The molecule has 5 rings (SSSR count). The third kappa shape index (κ3) is 2.49. The number of benzene rings is 3. The number of aromatic nitrogens is 3. The second kappa shape index (κ2) is 6.05. The van der Waals surface area contributed by atoms with Crippen LogP contribution in [0.2, 0.25) is 10.0 Å². The summed E-state index contributed by atoms with van der Waals surface area (Å²) in [6.45, 7) is 0. The Morgan fingerprint density at radius 2 is 1.56 bits per heavy atom. The highest BCUT2D eigenvalue weighted by Crippen LogP contribution is 2.31. The molecule has 5 aromatic rings. The molecular formula is C21H11Cl2N3O. The fraction of sp³-hybridized carbons (Fsp3) is 0. The van der Waals surface area contributed by atoms with Gasteiger partial charge in [-0.25, -0.2) is 14.4 Å². The van der Waals surface area contributed by atoms with E-state index in [1.54, 1.807) is 18.2 Å². The summed E-state index contributed by atoms with van der Waals surface area (Å²) in [4.78, 5) is 22.8. The average Bonchev–Trinajstić information content (AvgIpc) is 2.68. The van der Waals surface area contributed by atoms with Gasteiger partial charge in [-0.05, 0) is 24.3 Å². The lowest BCUT2D eigenvalue weighted by Gasteiger charge is -2.13. The highest BCUT2D eigenvalue weighted by atomic mass is 35.5. The molecule has 6 heteroatoms. The standard InChI is InChI=1S/C21H11Cl2N3O/c22-13-10-15-18(16(23)11-13)25-19(12-6-2-1-3-7-12)26-20(15)24-17-9-5-4-8-14(17)21(26)27/h1-11H. The van der Waals surface area contributed by atoms with Crippen molar-refractivity contribution in [1.29, 1.82) is 0 Å². The van der Waals surface area contributed by atoms with E-state index in [-0.39, 0.29) is 5.56 Å². The molecule has 2 heterocycles. The normalized spacial score (nSPS) is 11.5. The van der Waals surface area contributed by atoms with Gasteiger partial charge in [-0.2, -0.15) is 0 Å². The Balaban J connectivity index is 2.11. The lowest BCUT2D eigenvalue weighted by molar-refractivity contribution is 1.05. The van der Waals surface area contributed by atoms with Crippen LogP contribution in [-0.4, -0.2) is 14.4 Å². The van der Waals surface area contributed by atoms with Gasteiger partial charge in [0.25, 0.3) is 5.56 Å². The number of hydrogen-bond acceptors (Lipinski definition) is 3. The summed E-state index contributed by atoms with van der Waals surface area (Å²) in [6.07, 6.45) is 0. The summed E-state index contributed by atoms with van der Waals surface area (Å²) < 4.78 is 1.53. The molecule has 0 aliphatic carbocycles. The molecule has 0 saturated heterocycles. The minimum Gasteiger partial charge on any atom is -0.268 e. The van der Waals surface area contributed by atoms with Gasteiger partial charge in [0.1, 0.15) is 5.82 Å². The van der Waals surface area contributed by atoms with E-state index in [0.717, 1.165) is 5.56 Å². The molecule has 27 heavy (non-hydrogen) atoms. The maximum absolute atomic E-state index is 13.3. The van der Waals surface area contributed by atoms with Crippen LogP contribution in [0.4, 0.5) is 0 Å². The zero-order valence-electron chi connectivity index (χ0n) is 13.9. The number of nitrogens with zero attached hydrogens (tertiary/aromatic N) is 3. The largest absolute Gasteiger partial charge is 0.268 e. The molecule has 0 fully saturated rings. The highest BCUT2D eigenvalue weighted by molar-refractivity contribution is 6.38. The predicted molar refractivity (Wildman–Crippen MR) is 110 cm³/mol. The minimum absolute atomic E-state index is 0.181. The number of rotatable bonds is 1. The molecular weight excluding hydrogens is 381 g/mol. The second-order valence-electron chi connectivity index (χ2n) is 6.18. The quantitative estimate of drug-likeness (QED) is 0.285. The van der Waals surface area contributed by atoms with Crippen LogP contribution < -0.4 is 5.56 Å². The Labute approximate surface area is 163 Å². The monoisotopic (exact) mass is 391 g/mol. The maximum atomic E-state index is 13.3. The molecule has 0 bridgehead atoms. The van der Waals surface area contributed by atoms with Gasteiger partial charge < -0.3 is 0 Å². The van der Waals surface area contributed by atoms with Crippen LogP contribution in [0.1, 0.15) is 0 Å². The summed E-state index contributed by atoms with van der Waals surface area (Å²) in [6, 6.07) is 20.2. The van der Waals surface area contributed by atoms with Gasteiger partial charge in [0.2, 0.25) is 0 Å². The van der Waals surface area contributed by atoms with Crippen molar-refractivity contribution in [3.63, 3.8) is 0 Å². The molecule has 3 aromatic carbocycles. The summed E-state index contributed by atoms with van der Waals surface area (Å²) in [5.74, 6) is 0.491. The molecule has 0 aliphatic rings. The first-order valence-electron chi connectivity index (χ1n) is 8.29. The highest BCUT2D eigenvalue weighted by Gasteiger charge is 2.17. The van der Waals surface area contributed by atoms with Gasteiger partial charge in [-0.1, -0.05) is 65.7 Å². The van der Waals surface area contributed by atoms with Gasteiger partial charge in [0.05, 0.1) is 21.4 Å². The van der Waals surface area contributed by atoms with Crippen molar-refractivity contribution in [2.24, 2.45) is 0 Å². The lowest BCUT2D eigenvalue weighted by Crippen LogP contribution is -2.18. The van der Waals surface area contributed by atoms with Crippen molar-refractivity contribution in [2.45, 2.75) is 0 Å². The van der Waals surface area contributed by atoms with Crippen LogP contribution in [0.25, 0.3) is 38.8 Å². The Morgan fingerprint density at radius 3 is 2.37 bits per heavy atom.